The highest BCUT2D eigenvalue weighted by atomic mass is 16.7. The largest absolute Gasteiger partial charge is 0.504 e. The number of rotatable bonds is 11. The van der Waals surface area contributed by atoms with E-state index in [-0.39, 0.29) is 22.8 Å². The van der Waals surface area contributed by atoms with Crippen LogP contribution in [-0.2, 0) is 19.1 Å². The Morgan fingerprint density at radius 1 is 0.913 bits per heavy atom. The Labute approximate surface area is 258 Å². The lowest BCUT2D eigenvalue weighted by Crippen LogP contribution is -2.60. The number of hydrogen-bond acceptors (Lipinski definition) is 16. The summed E-state index contributed by atoms with van der Waals surface area (Å²) in [7, 11) is 2.37. The van der Waals surface area contributed by atoms with Crippen molar-refractivity contribution in [2.75, 3.05) is 20.8 Å². The van der Waals surface area contributed by atoms with Gasteiger partial charge >= 0.3 is 11.9 Å². The molecular weight excluding hydrogens is 620 g/mol. The lowest BCUT2D eigenvalue weighted by Gasteiger charge is -2.40. The predicted molar refractivity (Wildman–Crippen MR) is 152 cm³/mol. The highest BCUT2D eigenvalue weighted by Crippen LogP contribution is 2.49. The van der Waals surface area contributed by atoms with Crippen LogP contribution in [0.1, 0.15) is 19.8 Å². The van der Waals surface area contributed by atoms with Gasteiger partial charge in [0.1, 0.15) is 42.2 Å². The first-order chi connectivity index (χ1) is 21.6. The number of aromatic hydroxyl groups is 3. The first-order valence-electron chi connectivity index (χ1n) is 13.5. The van der Waals surface area contributed by atoms with E-state index in [1.807, 2.05) is 0 Å². The van der Waals surface area contributed by atoms with Gasteiger partial charge in [-0.05, 0) is 25.1 Å². The molecule has 17 heteroatoms. The minimum Gasteiger partial charge on any atom is -0.504 e. The van der Waals surface area contributed by atoms with Crippen LogP contribution in [0.2, 0.25) is 0 Å². The third-order valence-corrected chi connectivity index (χ3v) is 7.08. The Bertz CT molecular complexity index is 1680. The number of ether oxygens (including phenoxy) is 5. The summed E-state index contributed by atoms with van der Waals surface area (Å²) < 4.78 is 32.1. The van der Waals surface area contributed by atoms with Crippen LogP contribution in [0.4, 0.5) is 0 Å². The molecule has 3 aromatic rings. The van der Waals surface area contributed by atoms with Crippen molar-refractivity contribution in [1.29, 1.82) is 0 Å². The third kappa shape index (κ3) is 6.87. The zero-order valence-electron chi connectivity index (χ0n) is 24.6. The zero-order valence-corrected chi connectivity index (χ0v) is 24.6. The smallest absolute Gasteiger partial charge is 0.308 e. The second-order valence-electron chi connectivity index (χ2n) is 10.7. The number of methoxy groups -OCH3 is 2. The molecule has 0 saturated carbocycles. The fourth-order valence-corrected chi connectivity index (χ4v) is 4.78. The average molecular weight is 653 g/mol. The second kappa shape index (κ2) is 13.3. The Balaban J connectivity index is 1.55. The van der Waals surface area contributed by atoms with Crippen molar-refractivity contribution in [2.45, 2.75) is 56.1 Å². The molecule has 8 N–H and O–H groups in total. The van der Waals surface area contributed by atoms with Crippen LogP contribution < -0.4 is 19.6 Å². The molecular formula is C29H32O17. The number of carbonyl (C=O) groups is 2. The van der Waals surface area contributed by atoms with Crippen molar-refractivity contribution in [3.8, 4) is 45.8 Å². The number of esters is 1. The number of fused-ring (bicyclic) bond motifs is 1. The highest BCUT2D eigenvalue weighted by molar-refractivity contribution is 5.94. The van der Waals surface area contributed by atoms with E-state index in [2.05, 4.69) is 0 Å². The van der Waals surface area contributed by atoms with Gasteiger partial charge in [-0.1, -0.05) is 0 Å². The summed E-state index contributed by atoms with van der Waals surface area (Å²) in [5, 5.41) is 80.7. The minimum atomic E-state index is -1.91. The lowest BCUT2D eigenvalue weighted by atomic mass is 9.98. The van der Waals surface area contributed by atoms with Gasteiger partial charge in [0.15, 0.2) is 28.3 Å². The van der Waals surface area contributed by atoms with E-state index in [0.717, 1.165) is 20.1 Å². The molecule has 1 aliphatic rings. The first-order valence-corrected chi connectivity index (χ1v) is 13.5. The molecule has 17 nitrogen and oxygen atoms in total. The SMILES string of the molecule is COc1cc(-c2cc(=O)c3c(O)c(OC)c(O)c(O)c3o2)ccc1O[C@@H]1O[C@H](COC(=O)CC(C)(O)CC(=O)O)[C@@H](O)[C@H](O)[C@H]1O. The molecule has 1 aliphatic heterocycles. The molecule has 4 rings (SSSR count). The van der Waals surface area contributed by atoms with Crippen LogP contribution in [-0.4, -0.2) is 110 Å². The van der Waals surface area contributed by atoms with E-state index in [4.69, 9.17) is 33.2 Å². The zero-order chi connectivity index (χ0) is 34.1. The van der Waals surface area contributed by atoms with Gasteiger partial charge in [0.2, 0.25) is 23.5 Å². The number of carboxylic acids is 1. The van der Waals surface area contributed by atoms with Gasteiger partial charge in [-0.25, -0.2) is 0 Å². The number of benzene rings is 2. The molecule has 1 unspecified atom stereocenters. The van der Waals surface area contributed by atoms with Gasteiger partial charge in [0, 0.05) is 11.6 Å². The quantitative estimate of drug-likeness (QED) is 0.0765. The minimum absolute atomic E-state index is 0.00931. The molecule has 1 fully saturated rings. The molecule has 0 bridgehead atoms. The van der Waals surface area contributed by atoms with E-state index in [1.54, 1.807) is 0 Å². The molecule has 0 amide bonds. The van der Waals surface area contributed by atoms with E-state index >= 15 is 0 Å². The van der Waals surface area contributed by atoms with Crippen LogP contribution in [0.5, 0.6) is 34.5 Å². The normalized spacial score (nSPS) is 22.5. The molecule has 2 aromatic carbocycles. The fourth-order valence-electron chi connectivity index (χ4n) is 4.78. The molecule has 1 saturated heterocycles. The number of aliphatic hydroxyl groups excluding tert-OH is 3. The number of phenolic OH excluding ortho intramolecular Hbond substituents is 3. The standard InChI is InChI=1S/C29H32O17/c1-29(40,8-17(31)32)9-18(33)43-10-16-20(34)22(36)25(39)28(46-16)45-13-5-4-11(6-15(13)41-2)14-7-12(30)19-21(35)27(42-3)24(38)23(37)26(19)44-14/h4-7,16,20,22,25,28,34-40H,8-10H2,1-3H3,(H,31,32)/t16-,20-,22+,25-,28-,29?/m1/s1. The number of carbonyl (C=O) groups excluding carboxylic acids is 1. The summed E-state index contributed by atoms with van der Waals surface area (Å²) in [6.07, 6.45) is -9.86. The van der Waals surface area contributed by atoms with Crippen LogP contribution >= 0.6 is 0 Å². The van der Waals surface area contributed by atoms with Crippen LogP contribution in [0.3, 0.4) is 0 Å². The van der Waals surface area contributed by atoms with E-state index in [9.17, 15) is 50.1 Å². The summed E-state index contributed by atoms with van der Waals surface area (Å²) in [5.74, 6) is -5.54. The summed E-state index contributed by atoms with van der Waals surface area (Å²) in [5.41, 5.74) is -3.03. The van der Waals surface area contributed by atoms with E-state index in [1.165, 1.54) is 25.3 Å². The van der Waals surface area contributed by atoms with Crippen molar-refractivity contribution < 1.29 is 78.5 Å². The summed E-state index contributed by atoms with van der Waals surface area (Å²) >= 11 is 0. The van der Waals surface area contributed by atoms with Crippen molar-refractivity contribution in [1.82, 2.24) is 0 Å². The summed E-state index contributed by atoms with van der Waals surface area (Å²) in [6, 6.07) is 5.04. The van der Waals surface area contributed by atoms with E-state index < -0.39 is 107 Å². The fraction of sp³-hybridized carbons (Fsp3) is 0.414. The molecule has 46 heavy (non-hydrogen) atoms. The molecule has 1 aromatic heterocycles. The van der Waals surface area contributed by atoms with Gasteiger partial charge in [-0.2, -0.15) is 0 Å². The molecule has 250 valence electrons. The summed E-state index contributed by atoms with van der Waals surface area (Å²) in [6.45, 7) is 0.468. The maximum absolute atomic E-state index is 12.9. The lowest BCUT2D eigenvalue weighted by molar-refractivity contribution is -0.278. The van der Waals surface area contributed by atoms with Crippen LogP contribution in [0.25, 0.3) is 22.3 Å². The molecule has 0 aliphatic carbocycles. The van der Waals surface area contributed by atoms with Crippen LogP contribution in [0, 0.1) is 0 Å². The maximum Gasteiger partial charge on any atom is 0.308 e. The number of aliphatic hydroxyl groups is 4. The number of aliphatic carboxylic acids is 1. The van der Waals surface area contributed by atoms with Crippen molar-refractivity contribution in [2.24, 2.45) is 0 Å². The monoisotopic (exact) mass is 652 g/mol. The van der Waals surface area contributed by atoms with Gasteiger partial charge in [0.25, 0.3) is 0 Å². The molecule has 2 heterocycles. The topological polar surface area (TPSA) is 272 Å². The Morgan fingerprint density at radius 3 is 2.24 bits per heavy atom. The molecule has 6 atom stereocenters. The van der Waals surface area contributed by atoms with Crippen molar-refractivity contribution >= 4 is 22.9 Å². The van der Waals surface area contributed by atoms with Gasteiger partial charge in [-0.3, -0.25) is 14.4 Å². The summed E-state index contributed by atoms with van der Waals surface area (Å²) in [4.78, 5) is 35.9. The van der Waals surface area contributed by atoms with Crippen molar-refractivity contribution in [3.63, 3.8) is 0 Å². The molecule has 0 spiro atoms. The second-order valence-corrected chi connectivity index (χ2v) is 10.7. The van der Waals surface area contributed by atoms with Gasteiger partial charge < -0.3 is 69.0 Å². The Morgan fingerprint density at radius 2 is 1.61 bits per heavy atom. The molecule has 0 radical (unpaired) electrons. The maximum atomic E-state index is 12.9. The third-order valence-electron chi connectivity index (χ3n) is 7.08. The van der Waals surface area contributed by atoms with E-state index in [0.29, 0.717) is 0 Å². The predicted octanol–water partition coefficient (Wildman–Crippen LogP) is -0.0606. The van der Waals surface area contributed by atoms with Crippen molar-refractivity contribution in [3.05, 3.63) is 34.5 Å². The Kier molecular flexibility index (Phi) is 9.83. The number of hydrogen-bond donors (Lipinski definition) is 8. The first kappa shape index (κ1) is 34.1. The number of carboxylic acid groups (broad SMARTS) is 1. The average Bonchev–Trinajstić information content (AvgIpc) is 2.98. The van der Waals surface area contributed by atoms with Gasteiger partial charge in [-0.15, -0.1) is 0 Å². The Hall–Kier alpha value is -4.81. The van der Waals surface area contributed by atoms with Crippen LogP contribution in [0.15, 0.2) is 33.5 Å². The number of phenols is 3. The highest BCUT2D eigenvalue weighted by Gasteiger charge is 2.46. The van der Waals surface area contributed by atoms with Gasteiger partial charge in [0.05, 0.1) is 32.7 Å².